The molecule has 0 bridgehead atoms. The van der Waals surface area contributed by atoms with E-state index in [1.54, 1.807) is 6.92 Å². The third-order valence-corrected chi connectivity index (χ3v) is 1.48. The summed E-state index contributed by atoms with van der Waals surface area (Å²) in [7, 11) is 0. The number of aromatic carboxylic acids is 1. The fourth-order valence-corrected chi connectivity index (χ4v) is 0.951. The van der Waals surface area contributed by atoms with E-state index in [9.17, 15) is 4.79 Å². The van der Waals surface area contributed by atoms with Crippen molar-refractivity contribution >= 4 is 5.97 Å². The van der Waals surface area contributed by atoms with Crippen molar-refractivity contribution in [2.45, 2.75) is 6.92 Å². The molecule has 0 aliphatic heterocycles. The maximum atomic E-state index is 10.7. The van der Waals surface area contributed by atoms with Crippen LogP contribution in [0.25, 0.3) is 0 Å². The van der Waals surface area contributed by atoms with Gasteiger partial charge >= 0.3 is 5.97 Å². The molecule has 1 aromatic rings. The highest BCUT2D eigenvalue weighted by Crippen LogP contribution is 2.12. The first-order valence-corrected chi connectivity index (χ1v) is 3.91. The number of carboxylic acids is 1. The zero-order chi connectivity index (χ0) is 10.6. The number of rotatable bonds is 3. The van der Waals surface area contributed by atoms with Crippen LogP contribution in [0, 0.1) is 19.3 Å². The molecule has 0 aliphatic rings. The van der Waals surface area contributed by atoms with Crippen molar-refractivity contribution in [2.75, 3.05) is 6.61 Å². The molecule has 0 saturated carbocycles. The molecule has 14 heavy (non-hydrogen) atoms. The standard InChI is InChI=1S/C10H9NO3/c1-3-4-14-9-6-8(10(12)13)5-7(2)11-9/h1,5-6H,4H2,2H3,(H,12,13). The summed E-state index contributed by atoms with van der Waals surface area (Å²) in [6.45, 7) is 1.77. The number of ether oxygens (including phenoxy) is 1. The maximum Gasteiger partial charge on any atom is 0.335 e. The summed E-state index contributed by atoms with van der Waals surface area (Å²) in [6, 6.07) is 2.80. The molecule has 1 heterocycles. The van der Waals surface area contributed by atoms with Gasteiger partial charge in [0.2, 0.25) is 5.88 Å². The summed E-state index contributed by atoms with van der Waals surface area (Å²) in [5, 5.41) is 8.74. The Labute approximate surface area is 81.5 Å². The normalized spacial score (nSPS) is 9.14. The zero-order valence-electron chi connectivity index (χ0n) is 7.65. The minimum atomic E-state index is -1.01. The van der Waals surface area contributed by atoms with E-state index in [1.807, 2.05) is 0 Å². The van der Waals surface area contributed by atoms with Gasteiger partial charge in [-0.25, -0.2) is 9.78 Å². The minimum Gasteiger partial charge on any atom is -0.478 e. The molecular weight excluding hydrogens is 182 g/mol. The van der Waals surface area contributed by atoms with Gasteiger partial charge in [-0.15, -0.1) is 6.42 Å². The first kappa shape index (κ1) is 10.1. The summed E-state index contributed by atoms with van der Waals surface area (Å²) in [4.78, 5) is 14.6. The predicted molar refractivity (Wildman–Crippen MR) is 50.3 cm³/mol. The van der Waals surface area contributed by atoms with Crippen LogP contribution in [-0.2, 0) is 0 Å². The van der Waals surface area contributed by atoms with Gasteiger partial charge in [-0.2, -0.15) is 0 Å². The summed E-state index contributed by atoms with van der Waals surface area (Å²) >= 11 is 0. The van der Waals surface area contributed by atoms with Gasteiger partial charge in [-0.05, 0) is 13.0 Å². The highest BCUT2D eigenvalue weighted by Gasteiger charge is 2.06. The monoisotopic (exact) mass is 191 g/mol. The maximum absolute atomic E-state index is 10.7. The average Bonchev–Trinajstić information content (AvgIpc) is 2.14. The molecule has 0 fully saturated rings. The van der Waals surface area contributed by atoms with Crippen LogP contribution in [0.5, 0.6) is 5.88 Å². The number of hydrogen-bond donors (Lipinski definition) is 1. The molecule has 4 nitrogen and oxygen atoms in total. The van der Waals surface area contributed by atoms with Gasteiger partial charge in [0.15, 0.2) is 6.61 Å². The Bertz CT molecular complexity index is 393. The van der Waals surface area contributed by atoms with Crippen LogP contribution in [0.1, 0.15) is 16.1 Å². The number of terminal acetylenes is 1. The Morgan fingerprint density at radius 2 is 2.43 bits per heavy atom. The predicted octanol–water partition coefficient (Wildman–Crippen LogP) is 1.10. The molecule has 0 aromatic carbocycles. The largest absolute Gasteiger partial charge is 0.478 e. The Kier molecular flexibility index (Phi) is 3.08. The lowest BCUT2D eigenvalue weighted by Gasteiger charge is -2.03. The van der Waals surface area contributed by atoms with Gasteiger partial charge in [0, 0.05) is 11.8 Å². The van der Waals surface area contributed by atoms with Gasteiger partial charge in [0.25, 0.3) is 0 Å². The molecular formula is C10H9NO3. The van der Waals surface area contributed by atoms with Crippen molar-refractivity contribution in [1.82, 2.24) is 4.98 Å². The number of aromatic nitrogens is 1. The van der Waals surface area contributed by atoms with Gasteiger partial charge in [0.1, 0.15) is 0 Å². The molecule has 0 spiro atoms. The fourth-order valence-electron chi connectivity index (χ4n) is 0.951. The zero-order valence-corrected chi connectivity index (χ0v) is 7.65. The second kappa shape index (κ2) is 4.28. The summed E-state index contributed by atoms with van der Waals surface area (Å²) < 4.78 is 5.02. The Morgan fingerprint density at radius 1 is 1.71 bits per heavy atom. The van der Waals surface area contributed by atoms with Gasteiger partial charge in [-0.3, -0.25) is 0 Å². The first-order valence-electron chi connectivity index (χ1n) is 3.91. The molecule has 72 valence electrons. The number of carboxylic acid groups (broad SMARTS) is 1. The molecule has 0 radical (unpaired) electrons. The molecule has 1 N–H and O–H groups in total. The molecule has 0 aliphatic carbocycles. The van der Waals surface area contributed by atoms with Crippen LogP contribution in [-0.4, -0.2) is 22.7 Å². The lowest BCUT2D eigenvalue weighted by atomic mass is 10.2. The number of aryl methyl sites for hydroxylation is 1. The van der Waals surface area contributed by atoms with Crippen molar-refractivity contribution in [3.63, 3.8) is 0 Å². The van der Waals surface area contributed by atoms with E-state index in [0.29, 0.717) is 5.69 Å². The van der Waals surface area contributed by atoms with E-state index in [1.165, 1.54) is 12.1 Å². The van der Waals surface area contributed by atoms with E-state index in [2.05, 4.69) is 10.9 Å². The van der Waals surface area contributed by atoms with Gasteiger partial charge in [0.05, 0.1) is 5.56 Å². The van der Waals surface area contributed by atoms with Crippen LogP contribution in [0.4, 0.5) is 0 Å². The topological polar surface area (TPSA) is 59.4 Å². The van der Waals surface area contributed by atoms with Crippen molar-refractivity contribution in [3.05, 3.63) is 23.4 Å². The average molecular weight is 191 g/mol. The molecule has 0 saturated heterocycles. The number of carbonyl (C=O) groups is 1. The summed E-state index contributed by atoms with van der Waals surface area (Å²) in [5.74, 6) is 1.50. The quantitative estimate of drug-likeness (QED) is 0.727. The smallest absolute Gasteiger partial charge is 0.335 e. The second-order valence-electron chi connectivity index (χ2n) is 2.63. The van der Waals surface area contributed by atoms with Gasteiger partial charge < -0.3 is 9.84 Å². The number of nitrogens with zero attached hydrogens (tertiary/aromatic N) is 1. The number of pyridine rings is 1. The second-order valence-corrected chi connectivity index (χ2v) is 2.63. The summed E-state index contributed by atoms with van der Waals surface area (Å²) in [5.41, 5.74) is 0.724. The van der Waals surface area contributed by atoms with Crippen LogP contribution in [0.3, 0.4) is 0 Å². The lowest BCUT2D eigenvalue weighted by Crippen LogP contribution is -2.02. The highest BCUT2D eigenvalue weighted by molar-refractivity contribution is 5.87. The van der Waals surface area contributed by atoms with Crippen molar-refractivity contribution in [1.29, 1.82) is 0 Å². The molecule has 1 aromatic heterocycles. The van der Waals surface area contributed by atoms with Crippen LogP contribution in [0.15, 0.2) is 12.1 Å². The SMILES string of the molecule is C#CCOc1cc(C(=O)O)cc(C)n1. The van der Waals surface area contributed by atoms with Crippen LogP contribution < -0.4 is 4.74 Å². The van der Waals surface area contributed by atoms with E-state index in [4.69, 9.17) is 16.3 Å². The van der Waals surface area contributed by atoms with E-state index in [0.717, 1.165) is 0 Å². The van der Waals surface area contributed by atoms with E-state index < -0.39 is 5.97 Å². The fraction of sp³-hybridized carbons (Fsp3) is 0.200. The van der Waals surface area contributed by atoms with E-state index >= 15 is 0 Å². The highest BCUT2D eigenvalue weighted by atomic mass is 16.5. The molecule has 1 rings (SSSR count). The Balaban J connectivity index is 2.96. The van der Waals surface area contributed by atoms with Crippen LogP contribution >= 0.6 is 0 Å². The van der Waals surface area contributed by atoms with E-state index in [-0.39, 0.29) is 18.1 Å². The van der Waals surface area contributed by atoms with Crippen LogP contribution in [0.2, 0.25) is 0 Å². The Morgan fingerprint density at radius 3 is 3.00 bits per heavy atom. The van der Waals surface area contributed by atoms with Crippen molar-refractivity contribution in [2.24, 2.45) is 0 Å². The van der Waals surface area contributed by atoms with Gasteiger partial charge in [-0.1, -0.05) is 5.92 Å². The third kappa shape index (κ3) is 2.49. The van der Waals surface area contributed by atoms with Crippen molar-refractivity contribution in [3.8, 4) is 18.2 Å². The Hall–Kier alpha value is -2.02. The molecule has 0 atom stereocenters. The first-order chi connectivity index (χ1) is 6.63. The molecule has 0 amide bonds. The van der Waals surface area contributed by atoms with Crippen molar-refractivity contribution < 1.29 is 14.6 Å². The lowest BCUT2D eigenvalue weighted by molar-refractivity contribution is 0.0696. The number of hydrogen-bond acceptors (Lipinski definition) is 3. The molecule has 0 unspecified atom stereocenters. The third-order valence-electron chi connectivity index (χ3n) is 1.48. The molecule has 4 heteroatoms. The summed E-state index contributed by atoms with van der Waals surface area (Å²) in [6.07, 6.45) is 4.99. The minimum absolute atomic E-state index is 0.0789.